The fraction of sp³-hybridized carbons (Fsp3) is 0.400. The Morgan fingerprint density at radius 1 is 1.52 bits per heavy atom. The van der Waals surface area contributed by atoms with E-state index in [1.165, 1.54) is 0 Å². The van der Waals surface area contributed by atoms with Gasteiger partial charge < -0.3 is 14.7 Å². The van der Waals surface area contributed by atoms with Crippen molar-refractivity contribution in [2.24, 2.45) is 11.8 Å². The third kappa shape index (κ3) is 1.65. The predicted octanol–water partition coefficient (Wildman–Crippen LogP) is 0.448. The molecule has 4 rings (SSSR count). The standard InChI is InChI=1S/C15H14N2O4/c18-13-12-11(14(19)20)10-4-5-15(12,21-10)8-17(13)7-9-3-1-2-6-16-9/h1-6,10-12H,7-8H2,(H,19,20)/t10-,11+,12-,15+/m1/s1. The number of pyridine rings is 1. The highest BCUT2D eigenvalue weighted by molar-refractivity contribution is 5.90. The first-order valence-corrected chi connectivity index (χ1v) is 6.89. The smallest absolute Gasteiger partial charge is 0.310 e. The highest BCUT2D eigenvalue weighted by atomic mass is 16.5. The van der Waals surface area contributed by atoms with Crippen molar-refractivity contribution >= 4 is 11.9 Å². The van der Waals surface area contributed by atoms with Gasteiger partial charge in [-0.25, -0.2) is 0 Å². The van der Waals surface area contributed by atoms with Crippen molar-refractivity contribution in [1.82, 2.24) is 9.88 Å². The minimum Gasteiger partial charge on any atom is -0.481 e. The van der Waals surface area contributed by atoms with Gasteiger partial charge in [0.15, 0.2) is 0 Å². The summed E-state index contributed by atoms with van der Waals surface area (Å²) < 4.78 is 5.82. The number of likely N-dealkylation sites (tertiary alicyclic amines) is 1. The van der Waals surface area contributed by atoms with E-state index < -0.39 is 29.5 Å². The number of hydrogen-bond donors (Lipinski definition) is 1. The van der Waals surface area contributed by atoms with Gasteiger partial charge in [0.1, 0.15) is 11.5 Å². The highest BCUT2D eigenvalue weighted by Crippen LogP contribution is 2.51. The van der Waals surface area contributed by atoms with E-state index in [1.807, 2.05) is 24.3 Å². The third-order valence-electron chi connectivity index (χ3n) is 4.54. The Labute approximate surface area is 121 Å². The molecule has 1 aromatic heterocycles. The van der Waals surface area contributed by atoms with Crippen LogP contribution in [-0.4, -0.2) is 45.1 Å². The van der Waals surface area contributed by atoms with Gasteiger partial charge in [-0.15, -0.1) is 0 Å². The summed E-state index contributed by atoms with van der Waals surface area (Å²) in [5.74, 6) is -2.52. The minimum absolute atomic E-state index is 0.153. The molecule has 4 atom stereocenters. The van der Waals surface area contributed by atoms with Crippen LogP contribution in [0.5, 0.6) is 0 Å². The van der Waals surface area contributed by atoms with Crippen molar-refractivity contribution in [2.75, 3.05) is 6.54 Å². The molecule has 3 aliphatic heterocycles. The van der Waals surface area contributed by atoms with Gasteiger partial charge in [-0.3, -0.25) is 14.6 Å². The first kappa shape index (κ1) is 12.5. The quantitative estimate of drug-likeness (QED) is 0.816. The number of aromatic nitrogens is 1. The Kier molecular flexibility index (Phi) is 2.47. The molecule has 3 aliphatic rings. The number of nitrogens with zero attached hydrogens (tertiary/aromatic N) is 2. The molecule has 1 spiro atoms. The van der Waals surface area contributed by atoms with Crippen molar-refractivity contribution in [3.8, 4) is 0 Å². The van der Waals surface area contributed by atoms with E-state index in [9.17, 15) is 14.7 Å². The molecule has 6 nitrogen and oxygen atoms in total. The fourth-order valence-corrected chi connectivity index (χ4v) is 3.68. The summed E-state index contributed by atoms with van der Waals surface area (Å²) >= 11 is 0. The van der Waals surface area contributed by atoms with Crippen molar-refractivity contribution in [3.05, 3.63) is 42.2 Å². The number of carboxylic acid groups (broad SMARTS) is 1. The molecule has 21 heavy (non-hydrogen) atoms. The molecule has 6 heteroatoms. The number of ether oxygens (including phenoxy) is 1. The lowest BCUT2D eigenvalue weighted by molar-refractivity contribution is -0.148. The zero-order valence-electron chi connectivity index (χ0n) is 11.2. The number of carbonyl (C=O) groups is 2. The molecule has 0 aliphatic carbocycles. The Morgan fingerprint density at radius 2 is 2.38 bits per heavy atom. The van der Waals surface area contributed by atoms with E-state index in [0.29, 0.717) is 13.1 Å². The minimum atomic E-state index is -0.968. The van der Waals surface area contributed by atoms with Crippen molar-refractivity contribution in [1.29, 1.82) is 0 Å². The van der Waals surface area contributed by atoms with Gasteiger partial charge >= 0.3 is 5.97 Å². The van der Waals surface area contributed by atoms with E-state index in [1.54, 1.807) is 17.2 Å². The maximum atomic E-state index is 12.6. The van der Waals surface area contributed by atoms with Gasteiger partial charge in [0.2, 0.25) is 5.91 Å². The second kappa shape index (κ2) is 4.14. The molecule has 1 aromatic rings. The molecular weight excluding hydrogens is 272 g/mol. The van der Waals surface area contributed by atoms with Gasteiger partial charge in [0.25, 0.3) is 0 Å². The maximum absolute atomic E-state index is 12.6. The number of amides is 1. The SMILES string of the molecule is O=C(O)[C@H]1[C@H]2C=C[C@@]3(CN(Cc4ccccn4)C(=O)[C@@H]13)O2. The predicted molar refractivity (Wildman–Crippen MR) is 71.0 cm³/mol. The van der Waals surface area contributed by atoms with Crippen LogP contribution in [0.15, 0.2) is 36.5 Å². The summed E-state index contributed by atoms with van der Waals surface area (Å²) in [6, 6.07) is 5.53. The molecule has 108 valence electrons. The molecule has 0 radical (unpaired) electrons. The number of hydrogen-bond acceptors (Lipinski definition) is 4. The number of aliphatic carboxylic acids is 1. The van der Waals surface area contributed by atoms with E-state index in [4.69, 9.17) is 4.74 Å². The summed E-state index contributed by atoms with van der Waals surface area (Å²) in [6.07, 6.45) is 4.83. The highest BCUT2D eigenvalue weighted by Gasteiger charge is 2.66. The van der Waals surface area contributed by atoms with Crippen LogP contribution in [0, 0.1) is 11.8 Å². The molecule has 0 saturated carbocycles. The molecule has 1 amide bonds. The maximum Gasteiger partial charge on any atom is 0.310 e. The molecule has 0 aromatic carbocycles. The lowest BCUT2D eigenvalue weighted by atomic mass is 9.77. The largest absolute Gasteiger partial charge is 0.481 e. The van der Waals surface area contributed by atoms with Crippen LogP contribution in [0.3, 0.4) is 0 Å². The fourth-order valence-electron chi connectivity index (χ4n) is 3.68. The van der Waals surface area contributed by atoms with Crippen LogP contribution < -0.4 is 0 Å². The van der Waals surface area contributed by atoms with Gasteiger partial charge in [0.05, 0.1) is 30.8 Å². The summed E-state index contributed by atoms with van der Waals surface area (Å²) in [5.41, 5.74) is 0.0205. The third-order valence-corrected chi connectivity index (χ3v) is 4.54. The zero-order valence-corrected chi connectivity index (χ0v) is 11.2. The second-order valence-electron chi connectivity index (χ2n) is 5.75. The molecule has 2 saturated heterocycles. The van der Waals surface area contributed by atoms with Crippen LogP contribution in [-0.2, 0) is 20.9 Å². The number of fused-ring (bicyclic) bond motifs is 1. The Bertz CT molecular complexity index is 644. The summed E-state index contributed by atoms with van der Waals surface area (Å²) in [5, 5.41) is 9.38. The average Bonchev–Trinajstić information content (AvgIpc) is 3.09. The van der Waals surface area contributed by atoms with E-state index >= 15 is 0 Å². The monoisotopic (exact) mass is 286 g/mol. The number of carboxylic acids is 1. The van der Waals surface area contributed by atoms with Gasteiger partial charge in [0, 0.05) is 6.20 Å². The van der Waals surface area contributed by atoms with Crippen molar-refractivity contribution in [3.63, 3.8) is 0 Å². The number of rotatable bonds is 3. The summed E-state index contributed by atoms with van der Waals surface area (Å²) in [7, 11) is 0. The summed E-state index contributed by atoms with van der Waals surface area (Å²) in [6.45, 7) is 0.774. The molecule has 0 unspecified atom stereocenters. The van der Waals surface area contributed by atoms with Crippen molar-refractivity contribution < 1.29 is 19.4 Å². The van der Waals surface area contributed by atoms with Crippen LogP contribution in [0.25, 0.3) is 0 Å². The Balaban J connectivity index is 1.63. The molecule has 4 heterocycles. The Hall–Kier alpha value is -2.21. The topological polar surface area (TPSA) is 79.7 Å². The van der Waals surface area contributed by atoms with Gasteiger partial charge in [-0.1, -0.05) is 18.2 Å². The lowest BCUT2D eigenvalue weighted by Crippen LogP contribution is -2.39. The first-order chi connectivity index (χ1) is 10.1. The average molecular weight is 286 g/mol. The number of carbonyl (C=O) groups excluding carboxylic acids is 1. The van der Waals surface area contributed by atoms with Gasteiger partial charge in [-0.2, -0.15) is 0 Å². The summed E-state index contributed by atoms with van der Waals surface area (Å²) in [4.78, 5) is 29.9. The van der Waals surface area contributed by atoms with Crippen LogP contribution in [0.4, 0.5) is 0 Å². The van der Waals surface area contributed by atoms with E-state index in [-0.39, 0.29) is 5.91 Å². The van der Waals surface area contributed by atoms with E-state index in [0.717, 1.165) is 5.69 Å². The molecular formula is C15H14N2O4. The molecule has 2 fully saturated rings. The Morgan fingerprint density at radius 3 is 3.10 bits per heavy atom. The van der Waals surface area contributed by atoms with E-state index in [2.05, 4.69) is 4.98 Å². The lowest BCUT2D eigenvalue weighted by Gasteiger charge is -2.21. The molecule has 2 bridgehead atoms. The molecule has 1 N–H and O–H groups in total. The second-order valence-corrected chi connectivity index (χ2v) is 5.75. The van der Waals surface area contributed by atoms with Crippen molar-refractivity contribution in [2.45, 2.75) is 18.2 Å². The van der Waals surface area contributed by atoms with Crippen LogP contribution in [0.2, 0.25) is 0 Å². The normalized spacial score (nSPS) is 36.3. The van der Waals surface area contributed by atoms with Crippen LogP contribution in [0.1, 0.15) is 5.69 Å². The van der Waals surface area contributed by atoms with Gasteiger partial charge in [-0.05, 0) is 12.1 Å². The van der Waals surface area contributed by atoms with Crippen LogP contribution >= 0.6 is 0 Å². The first-order valence-electron chi connectivity index (χ1n) is 6.89. The zero-order chi connectivity index (χ0) is 14.6.